The van der Waals surface area contributed by atoms with E-state index in [0.717, 1.165) is 10.2 Å². The molecule has 3 aromatic rings. The van der Waals surface area contributed by atoms with E-state index < -0.39 is 5.82 Å². The van der Waals surface area contributed by atoms with Gasteiger partial charge in [0.1, 0.15) is 5.82 Å². The van der Waals surface area contributed by atoms with Crippen molar-refractivity contribution in [2.75, 3.05) is 10.6 Å². The van der Waals surface area contributed by atoms with E-state index in [0.29, 0.717) is 11.5 Å². The third-order valence-electron chi connectivity index (χ3n) is 2.83. The summed E-state index contributed by atoms with van der Waals surface area (Å²) in [6.07, 6.45) is 1.50. The van der Waals surface area contributed by atoms with Crippen LogP contribution in [0.2, 0.25) is 5.02 Å². The first-order valence-electron chi connectivity index (χ1n) is 6.54. The van der Waals surface area contributed by atoms with E-state index in [4.69, 9.17) is 11.6 Å². The fourth-order valence-corrected chi connectivity index (χ4v) is 2.41. The lowest BCUT2D eigenvalue weighted by Gasteiger charge is -2.08. The third kappa shape index (κ3) is 4.14. The van der Waals surface area contributed by atoms with Gasteiger partial charge in [0.05, 0.1) is 11.2 Å². The predicted molar refractivity (Wildman–Crippen MR) is 91.9 cm³/mol. The minimum absolute atomic E-state index is 0.0198. The van der Waals surface area contributed by atoms with E-state index in [2.05, 4.69) is 41.7 Å². The van der Waals surface area contributed by atoms with Crippen molar-refractivity contribution < 1.29 is 4.39 Å². The molecule has 0 bridgehead atoms. The Morgan fingerprint density at radius 1 is 1.04 bits per heavy atom. The highest BCUT2D eigenvalue weighted by Crippen LogP contribution is 2.22. The lowest BCUT2D eigenvalue weighted by molar-refractivity contribution is 0.628. The molecule has 23 heavy (non-hydrogen) atoms. The average molecular weight is 395 g/mol. The Bertz CT molecular complexity index is 846. The highest BCUT2D eigenvalue weighted by atomic mass is 79.9. The van der Waals surface area contributed by atoms with Crippen LogP contribution >= 0.6 is 27.5 Å². The summed E-state index contributed by atoms with van der Waals surface area (Å²) in [6.45, 7) is 0. The second kappa shape index (κ2) is 6.89. The number of nitrogens with zero attached hydrogens (tertiary/aromatic N) is 3. The fourth-order valence-electron chi connectivity index (χ4n) is 1.83. The van der Waals surface area contributed by atoms with Crippen LogP contribution in [0.4, 0.5) is 27.5 Å². The molecule has 0 radical (unpaired) electrons. The highest BCUT2D eigenvalue weighted by Gasteiger charge is 2.05. The smallest absolute Gasteiger partial charge is 0.249 e. The minimum Gasteiger partial charge on any atom is -0.339 e. The van der Waals surface area contributed by atoms with E-state index in [-0.39, 0.29) is 11.0 Å². The molecule has 1 heterocycles. The van der Waals surface area contributed by atoms with Crippen LogP contribution in [-0.4, -0.2) is 15.2 Å². The van der Waals surface area contributed by atoms with Crippen molar-refractivity contribution in [2.45, 2.75) is 0 Å². The van der Waals surface area contributed by atoms with Crippen molar-refractivity contribution in [3.05, 3.63) is 64.0 Å². The molecule has 0 atom stereocenters. The maximum atomic E-state index is 13.2. The largest absolute Gasteiger partial charge is 0.339 e. The average Bonchev–Trinajstić information content (AvgIpc) is 2.51. The monoisotopic (exact) mass is 393 g/mol. The summed E-state index contributed by atoms with van der Waals surface area (Å²) in [4.78, 5) is 4.30. The zero-order chi connectivity index (χ0) is 16.2. The fraction of sp³-hybridized carbons (Fsp3) is 0. The molecule has 0 saturated carbocycles. The molecule has 8 heteroatoms. The van der Waals surface area contributed by atoms with Crippen LogP contribution in [-0.2, 0) is 0 Å². The number of anilines is 4. The van der Waals surface area contributed by atoms with Gasteiger partial charge in [-0.25, -0.2) is 4.39 Å². The van der Waals surface area contributed by atoms with Crippen LogP contribution in [0.5, 0.6) is 0 Å². The summed E-state index contributed by atoms with van der Waals surface area (Å²) in [6, 6.07) is 11.9. The molecule has 116 valence electrons. The van der Waals surface area contributed by atoms with Crippen molar-refractivity contribution >= 4 is 50.7 Å². The van der Waals surface area contributed by atoms with Crippen molar-refractivity contribution in [2.24, 2.45) is 0 Å². The van der Waals surface area contributed by atoms with Crippen LogP contribution in [0.1, 0.15) is 0 Å². The normalized spacial score (nSPS) is 10.4. The summed E-state index contributed by atoms with van der Waals surface area (Å²) >= 11 is 9.15. The maximum Gasteiger partial charge on any atom is 0.249 e. The van der Waals surface area contributed by atoms with E-state index in [9.17, 15) is 4.39 Å². The molecule has 0 aliphatic rings. The van der Waals surface area contributed by atoms with Crippen molar-refractivity contribution in [1.29, 1.82) is 0 Å². The Morgan fingerprint density at radius 3 is 2.65 bits per heavy atom. The van der Waals surface area contributed by atoms with Crippen LogP contribution in [0.25, 0.3) is 0 Å². The molecule has 0 aliphatic carbocycles. The summed E-state index contributed by atoms with van der Waals surface area (Å²) in [7, 11) is 0. The first kappa shape index (κ1) is 15.6. The second-order valence-electron chi connectivity index (χ2n) is 4.55. The lowest BCUT2D eigenvalue weighted by Crippen LogP contribution is -2.02. The van der Waals surface area contributed by atoms with Crippen molar-refractivity contribution in [3.63, 3.8) is 0 Å². The van der Waals surface area contributed by atoms with Gasteiger partial charge in [0.15, 0.2) is 5.82 Å². The van der Waals surface area contributed by atoms with Crippen LogP contribution < -0.4 is 10.6 Å². The van der Waals surface area contributed by atoms with Crippen LogP contribution in [0.15, 0.2) is 53.1 Å². The number of halogens is 3. The van der Waals surface area contributed by atoms with Gasteiger partial charge in [0.2, 0.25) is 5.95 Å². The van der Waals surface area contributed by atoms with Gasteiger partial charge in [0.25, 0.3) is 0 Å². The lowest BCUT2D eigenvalue weighted by atomic mass is 10.3. The van der Waals surface area contributed by atoms with Gasteiger partial charge in [-0.05, 0) is 36.4 Å². The first-order chi connectivity index (χ1) is 11.1. The molecule has 0 amide bonds. The number of benzene rings is 2. The number of nitrogens with one attached hydrogen (secondary N) is 2. The third-order valence-corrected chi connectivity index (χ3v) is 3.61. The van der Waals surface area contributed by atoms with Crippen LogP contribution in [0.3, 0.4) is 0 Å². The Labute approximate surface area is 145 Å². The van der Waals surface area contributed by atoms with Gasteiger partial charge in [-0.15, -0.1) is 5.10 Å². The Hall–Kier alpha value is -2.25. The Morgan fingerprint density at radius 2 is 1.87 bits per heavy atom. The minimum atomic E-state index is -0.485. The molecule has 5 nitrogen and oxygen atoms in total. The highest BCUT2D eigenvalue weighted by molar-refractivity contribution is 9.10. The molecule has 0 saturated heterocycles. The molecular weight excluding hydrogens is 385 g/mol. The van der Waals surface area contributed by atoms with Crippen molar-refractivity contribution in [1.82, 2.24) is 15.2 Å². The summed E-state index contributed by atoms with van der Waals surface area (Å²) in [5.74, 6) is 0.308. The quantitative estimate of drug-likeness (QED) is 0.658. The SMILES string of the molecule is Fc1ccc(Nc2nncc(Nc3cccc(Br)c3)n2)cc1Cl. The predicted octanol–water partition coefficient (Wildman–Crippen LogP) is 4.91. The molecule has 0 aliphatic heterocycles. The number of hydrogen-bond acceptors (Lipinski definition) is 5. The van der Waals surface area contributed by atoms with Gasteiger partial charge < -0.3 is 10.6 Å². The van der Waals surface area contributed by atoms with Crippen LogP contribution in [0, 0.1) is 5.82 Å². The zero-order valence-electron chi connectivity index (χ0n) is 11.6. The van der Waals surface area contributed by atoms with Crippen molar-refractivity contribution in [3.8, 4) is 0 Å². The molecule has 1 aromatic heterocycles. The molecular formula is C15H10BrClFN5. The van der Waals surface area contributed by atoms with E-state index in [1.165, 1.54) is 18.3 Å². The topological polar surface area (TPSA) is 62.7 Å². The number of aromatic nitrogens is 3. The Balaban J connectivity index is 1.78. The Kier molecular flexibility index (Phi) is 4.68. The summed E-state index contributed by atoms with van der Waals surface area (Å²) in [5, 5.41) is 13.8. The molecule has 0 fully saturated rings. The van der Waals surface area contributed by atoms with E-state index in [1.54, 1.807) is 6.07 Å². The molecule has 2 N–H and O–H groups in total. The zero-order valence-corrected chi connectivity index (χ0v) is 13.9. The van der Waals surface area contributed by atoms with E-state index >= 15 is 0 Å². The summed E-state index contributed by atoms with van der Waals surface area (Å²) < 4.78 is 14.1. The second-order valence-corrected chi connectivity index (χ2v) is 5.88. The molecule has 3 rings (SSSR count). The van der Waals surface area contributed by atoms with Gasteiger partial charge in [-0.3, -0.25) is 0 Å². The first-order valence-corrected chi connectivity index (χ1v) is 7.72. The maximum absolute atomic E-state index is 13.2. The molecule has 0 spiro atoms. The van der Waals surface area contributed by atoms with Gasteiger partial charge >= 0.3 is 0 Å². The standard InChI is InChI=1S/C15H10BrClFN5/c16-9-2-1-3-10(6-9)20-14-8-19-23-15(22-14)21-11-4-5-13(18)12(17)7-11/h1-8H,(H2,20,21,22,23). The molecule has 0 unspecified atom stereocenters. The number of hydrogen-bond donors (Lipinski definition) is 2. The van der Waals surface area contributed by atoms with E-state index in [1.807, 2.05) is 24.3 Å². The number of rotatable bonds is 4. The van der Waals surface area contributed by atoms with Gasteiger partial charge in [-0.1, -0.05) is 33.6 Å². The molecule has 2 aromatic carbocycles. The van der Waals surface area contributed by atoms with Gasteiger partial charge in [-0.2, -0.15) is 10.1 Å². The van der Waals surface area contributed by atoms with Gasteiger partial charge in [0, 0.05) is 15.8 Å². The summed E-state index contributed by atoms with van der Waals surface area (Å²) in [5.41, 5.74) is 1.42.